The van der Waals surface area contributed by atoms with Crippen LogP contribution in [0.25, 0.3) is 11.4 Å². The van der Waals surface area contributed by atoms with Gasteiger partial charge in [0.25, 0.3) is 0 Å². The number of nitrogens with one attached hydrogen (secondary N) is 1. The summed E-state index contributed by atoms with van der Waals surface area (Å²) in [5.74, 6) is 0.0371. The average molecular weight is 407 g/mol. The Kier molecular flexibility index (Phi) is 5.68. The third-order valence-electron chi connectivity index (χ3n) is 3.92. The smallest absolute Gasteiger partial charge is 0.325 e. The molecule has 28 heavy (non-hydrogen) atoms. The van der Waals surface area contributed by atoms with Crippen molar-refractivity contribution < 1.29 is 18.0 Å². The van der Waals surface area contributed by atoms with Gasteiger partial charge in [-0.15, -0.1) is 10.2 Å². The fraction of sp³-hybridized carbons (Fsp3) is 0.222. The number of halogens is 3. The molecule has 0 spiro atoms. The van der Waals surface area contributed by atoms with Crippen molar-refractivity contribution in [1.82, 2.24) is 19.7 Å². The molecule has 0 saturated carbocycles. The van der Waals surface area contributed by atoms with Gasteiger partial charge in [0.15, 0.2) is 11.0 Å². The number of amides is 1. The number of para-hydroxylation sites is 1. The Morgan fingerprint density at radius 2 is 1.82 bits per heavy atom. The summed E-state index contributed by atoms with van der Waals surface area (Å²) >= 11 is 1.11. The molecule has 0 fully saturated rings. The van der Waals surface area contributed by atoms with Gasteiger partial charge in [-0.1, -0.05) is 23.9 Å². The molecule has 3 rings (SSSR count). The number of thioether (sulfide) groups is 1. The van der Waals surface area contributed by atoms with E-state index in [1.165, 1.54) is 18.2 Å². The molecule has 0 unspecified atom stereocenters. The molecule has 0 radical (unpaired) electrons. The minimum Gasteiger partial charge on any atom is -0.325 e. The number of anilines is 1. The molecule has 146 valence electrons. The van der Waals surface area contributed by atoms with Gasteiger partial charge in [-0.05, 0) is 31.2 Å². The van der Waals surface area contributed by atoms with Gasteiger partial charge in [-0.25, -0.2) is 0 Å². The number of benzene rings is 1. The predicted molar refractivity (Wildman–Crippen MR) is 99.6 cm³/mol. The van der Waals surface area contributed by atoms with Crippen LogP contribution >= 0.6 is 11.8 Å². The van der Waals surface area contributed by atoms with Gasteiger partial charge in [0.05, 0.1) is 16.5 Å². The highest BCUT2D eigenvalue weighted by molar-refractivity contribution is 8.00. The lowest BCUT2D eigenvalue weighted by atomic mass is 10.1. The number of pyridine rings is 1. The summed E-state index contributed by atoms with van der Waals surface area (Å²) in [6.45, 7) is 1.59. The number of hydrogen-bond donors (Lipinski definition) is 1. The van der Waals surface area contributed by atoms with Crippen molar-refractivity contribution in [2.75, 3.05) is 5.32 Å². The molecule has 0 aliphatic heterocycles. The van der Waals surface area contributed by atoms with Crippen molar-refractivity contribution in [3.63, 3.8) is 0 Å². The quantitative estimate of drug-likeness (QED) is 0.647. The molecule has 2 aromatic heterocycles. The van der Waals surface area contributed by atoms with Crippen LogP contribution in [0.2, 0.25) is 0 Å². The first kappa shape index (κ1) is 19.9. The van der Waals surface area contributed by atoms with Gasteiger partial charge >= 0.3 is 6.18 Å². The van der Waals surface area contributed by atoms with Crippen LogP contribution in [0.4, 0.5) is 18.9 Å². The molecule has 10 heteroatoms. The van der Waals surface area contributed by atoms with Crippen LogP contribution in [-0.2, 0) is 18.0 Å². The predicted octanol–water partition coefficient (Wildman–Crippen LogP) is 4.02. The van der Waals surface area contributed by atoms with Crippen molar-refractivity contribution in [1.29, 1.82) is 0 Å². The molecule has 0 saturated heterocycles. The molecular weight excluding hydrogens is 391 g/mol. The minimum absolute atomic E-state index is 0.275. The van der Waals surface area contributed by atoms with Crippen molar-refractivity contribution in [2.24, 2.45) is 7.05 Å². The Hall–Kier alpha value is -2.88. The van der Waals surface area contributed by atoms with E-state index in [0.717, 1.165) is 23.4 Å². The largest absolute Gasteiger partial charge is 0.418 e. The summed E-state index contributed by atoms with van der Waals surface area (Å²) < 4.78 is 41.0. The monoisotopic (exact) mass is 407 g/mol. The highest BCUT2D eigenvalue weighted by Crippen LogP contribution is 2.35. The summed E-state index contributed by atoms with van der Waals surface area (Å²) in [6, 6.07) is 8.42. The van der Waals surface area contributed by atoms with E-state index in [9.17, 15) is 18.0 Å². The van der Waals surface area contributed by atoms with Crippen LogP contribution in [0, 0.1) is 0 Å². The van der Waals surface area contributed by atoms with E-state index in [1.807, 2.05) is 0 Å². The zero-order chi connectivity index (χ0) is 20.3. The normalized spacial score (nSPS) is 12.6. The Balaban J connectivity index is 1.74. The topological polar surface area (TPSA) is 72.7 Å². The maximum absolute atomic E-state index is 13.1. The van der Waals surface area contributed by atoms with Crippen LogP contribution in [0.5, 0.6) is 0 Å². The van der Waals surface area contributed by atoms with E-state index in [-0.39, 0.29) is 5.69 Å². The van der Waals surface area contributed by atoms with Crippen molar-refractivity contribution in [3.05, 3.63) is 54.4 Å². The molecule has 1 aromatic carbocycles. The number of carbonyl (C=O) groups excluding carboxylic acids is 1. The number of hydrogen-bond acceptors (Lipinski definition) is 5. The third-order valence-corrected chi connectivity index (χ3v) is 5.05. The van der Waals surface area contributed by atoms with Crippen LogP contribution < -0.4 is 5.32 Å². The number of aromatic nitrogens is 4. The second kappa shape index (κ2) is 8.01. The molecule has 6 nitrogen and oxygen atoms in total. The van der Waals surface area contributed by atoms with E-state index >= 15 is 0 Å². The third kappa shape index (κ3) is 4.33. The first-order chi connectivity index (χ1) is 13.3. The highest BCUT2D eigenvalue weighted by atomic mass is 32.2. The second-order valence-electron chi connectivity index (χ2n) is 5.89. The van der Waals surface area contributed by atoms with Gasteiger partial charge in [0, 0.05) is 25.0 Å². The van der Waals surface area contributed by atoms with Gasteiger partial charge in [-0.2, -0.15) is 13.2 Å². The number of alkyl halides is 3. The first-order valence-electron chi connectivity index (χ1n) is 8.21. The van der Waals surface area contributed by atoms with E-state index in [4.69, 9.17) is 0 Å². The Labute approximate surface area is 163 Å². The zero-order valence-electron chi connectivity index (χ0n) is 14.9. The van der Waals surface area contributed by atoms with Crippen molar-refractivity contribution >= 4 is 23.4 Å². The van der Waals surface area contributed by atoms with Gasteiger partial charge < -0.3 is 9.88 Å². The van der Waals surface area contributed by atoms with E-state index < -0.39 is 22.9 Å². The average Bonchev–Trinajstić information content (AvgIpc) is 3.02. The number of carbonyl (C=O) groups is 1. The van der Waals surface area contributed by atoms with Crippen molar-refractivity contribution in [3.8, 4) is 11.4 Å². The maximum Gasteiger partial charge on any atom is 0.418 e. The van der Waals surface area contributed by atoms with Gasteiger partial charge in [0.1, 0.15) is 0 Å². The molecule has 0 aliphatic carbocycles. The molecular formula is C18H16F3N5OS. The summed E-state index contributed by atoms with van der Waals surface area (Å²) in [4.78, 5) is 16.4. The Morgan fingerprint density at radius 3 is 2.50 bits per heavy atom. The Morgan fingerprint density at radius 1 is 1.14 bits per heavy atom. The summed E-state index contributed by atoms with van der Waals surface area (Å²) in [5, 5.41) is 10.3. The van der Waals surface area contributed by atoms with Crippen LogP contribution in [0.1, 0.15) is 12.5 Å². The number of rotatable bonds is 5. The summed E-state index contributed by atoms with van der Waals surface area (Å²) in [5.41, 5.74) is -0.352. The van der Waals surface area contributed by atoms with Crippen LogP contribution in [0.15, 0.2) is 53.9 Å². The molecule has 1 amide bonds. The van der Waals surface area contributed by atoms with Crippen LogP contribution in [-0.4, -0.2) is 30.9 Å². The number of nitrogens with zero attached hydrogens (tertiary/aromatic N) is 4. The van der Waals surface area contributed by atoms with E-state index in [1.54, 1.807) is 43.1 Å². The fourth-order valence-electron chi connectivity index (χ4n) is 2.46. The SMILES string of the molecule is C[C@@H](Sc1nnc(-c2ccncc2)n1C)C(=O)Nc1ccccc1C(F)(F)F. The van der Waals surface area contributed by atoms with Crippen LogP contribution in [0.3, 0.4) is 0 Å². The highest BCUT2D eigenvalue weighted by Gasteiger charge is 2.34. The zero-order valence-corrected chi connectivity index (χ0v) is 15.8. The summed E-state index contributed by atoms with van der Waals surface area (Å²) in [7, 11) is 1.75. The molecule has 1 atom stereocenters. The van der Waals surface area contributed by atoms with E-state index in [2.05, 4.69) is 20.5 Å². The molecule has 1 N–H and O–H groups in total. The lowest BCUT2D eigenvalue weighted by molar-refractivity contribution is -0.137. The maximum atomic E-state index is 13.1. The molecule has 0 aliphatic rings. The molecule has 0 bridgehead atoms. The fourth-order valence-corrected chi connectivity index (χ4v) is 3.27. The second-order valence-corrected chi connectivity index (χ2v) is 7.20. The van der Waals surface area contributed by atoms with E-state index in [0.29, 0.717) is 11.0 Å². The van der Waals surface area contributed by atoms with Crippen molar-refractivity contribution in [2.45, 2.75) is 23.5 Å². The first-order valence-corrected chi connectivity index (χ1v) is 9.09. The lowest BCUT2D eigenvalue weighted by Gasteiger charge is -2.16. The standard InChI is InChI=1S/C18H16F3N5OS/c1-11(16(27)23-14-6-4-3-5-13(14)18(19,20)21)28-17-25-24-15(26(17)2)12-7-9-22-10-8-12/h3-11H,1-2H3,(H,23,27)/t11-/m1/s1. The van der Waals surface area contributed by atoms with Gasteiger partial charge in [-0.3, -0.25) is 9.78 Å². The molecule has 3 aromatic rings. The van der Waals surface area contributed by atoms with Gasteiger partial charge in [0.2, 0.25) is 5.91 Å². The lowest BCUT2D eigenvalue weighted by Crippen LogP contribution is -2.24. The molecule has 2 heterocycles. The minimum atomic E-state index is -4.55. The summed E-state index contributed by atoms with van der Waals surface area (Å²) in [6.07, 6.45) is -1.29. The Bertz CT molecular complexity index is 975.